The number of para-hydroxylation sites is 1. The van der Waals surface area contributed by atoms with Crippen molar-refractivity contribution in [2.75, 3.05) is 11.9 Å². The molecule has 26 heavy (non-hydrogen) atoms. The summed E-state index contributed by atoms with van der Waals surface area (Å²) in [6.07, 6.45) is 0. The quantitative estimate of drug-likeness (QED) is 0.383. The Bertz CT molecular complexity index is 945. The standard InChI is InChI=1S/C20H21N3O2S/c1-4-24-17-7-5-6-15-12-18(25-19(15)17)14(3)22-23-20(26)21-16-10-8-13(2)9-11-16/h5-12H,4H2,1-3H3,(H2,21,23,26). The Kier molecular flexibility index (Phi) is 5.53. The highest BCUT2D eigenvalue weighted by molar-refractivity contribution is 7.80. The first-order chi connectivity index (χ1) is 12.6. The van der Waals surface area contributed by atoms with Crippen molar-refractivity contribution >= 4 is 39.7 Å². The van der Waals surface area contributed by atoms with Gasteiger partial charge in [0, 0.05) is 11.1 Å². The van der Waals surface area contributed by atoms with Crippen LogP contribution in [0.4, 0.5) is 5.69 Å². The highest BCUT2D eigenvalue weighted by Gasteiger charge is 2.11. The van der Waals surface area contributed by atoms with E-state index in [1.165, 1.54) is 5.56 Å². The third-order valence-electron chi connectivity index (χ3n) is 3.80. The van der Waals surface area contributed by atoms with E-state index in [1.54, 1.807) is 0 Å². The Hall–Kier alpha value is -2.86. The Morgan fingerprint density at radius 3 is 2.69 bits per heavy atom. The molecule has 0 aliphatic heterocycles. The van der Waals surface area contributed by atoms with Gasteiger partial charge in [0.1, 0.15) is 5.71 Å². The second kappa shape index (κ2) is 8.01. The number of thiocarbonyl (C=S) groups is 1. The summed E-state index contributed by atoms with van der Waals surface area (Å²) in [4.78, 5) is 0. The number of fused-ring (bicyclic) bond motifs is 1. The van der Waals surface area contributed by atoms with Gasteiger partial charge in [-0.3, -0.25) is 5.43 Å². The minimum Gasteiger partial charge on any atom is -0.490 e. The molecule has 0 aliphatic carbocycles. The molecule has 2 aromatic carbocycles. The number of nitrogens with one attached hydrogen (secondary N) is 2. The zero-order valence-electron chi connectivity index (χ0n) is 15.0. The van der Waals surface area contributed by atoms with E-state index in [4.69, 9.17) is 21.4 Å². The lowest BCUT2D eigenvalue weighted by Gasteiger charge is -2.07. The van der Waals surface area contributed by atoms with Crippen LogP contribution in [0.15, 0.2) is 58.0 Å². The molecule has 0 saturated carbocycles. The highest BCUT2D eigenvalue weighted by Crippen LogP contribution is 2.29. The van der Waals surface area contributed by atoms with Crippen molar-refractivity contribution in [3.63, 3.8) is 0 Å². The Morgan fingerprint density at radius 2 is 1.96 bits per heavy atom. The lowest BCUT2D eigenvalue weighted by Crippen LogP contribution is -2.24. The number of nitrogens with zero attached hydrogens (tertiary/aromatic N) is 1. The molecule has 0 spiro atoms. The number of benzene rings is 2. The third kappa shape index (κ3) is 4.21. The predicted molar refractivity (Wildman–Crippen MR) is 110 cm³/mol. The summed E-state index contributed by atoms with van der Waals surface area (Å²) in [7, 11) is 0. The van der Waals surface area contributed by atoms with Gasteiger partial charge in [-0.15, -0.1) is 0 Å². The molecule has 3 rings (SSSR count). The zero-order valence-corrected chi connectivity index (χ0v) is 15.8. The summed E-state index contributed by atoms with van der Waals surface area (Å²) >= 11 is 5.28. The van der Waals surface area contributed by atoms with Crippen LogP contribution >= 0.6 is 12.2 Å². The largest absolute Gasteiger partial charge is 0.490 e. The Balaban J connectivity index is 1.71. The fourth-order valence-corrected chi connectivity index (χ4v) is 2.63. The summed E-state index contributed by atoms with van der Waals surface area (Å²) < 4.78 is 11.5. The number of ether oxygens (including phenoxy) is 1. The first kappa shape index (κ1) is 17.9. The van der Waals surface area contributed by atoms with Crippen LogP contribution < -0.4 is 15.5 Å². The van der Waals surface area contributed by atoms with E-state index in [1.807, 2.05) is 69.3 Å². The second-order valence-electron chi connectivity index (χ2n) is 5.85. The maximum Gasteiger partial charge on any atom is 0.191 e. The lowest BCUT2D eigenvalue weighted by atomic mass is 10.2. The predicted octanol–water partition coefficient (Wildman–Crippen LogP) is 4.85. The number of hydrazone groups is 1. The molecule has 0 saturated heterocycles. The number of hydrogen-bond donors (Lipinski definition) is 2. The molecule has 0 aliphatic rings. The van der Waals surface area contributed by atoms with Gasteiger partial charge in [-0.2, -0.15) is 5.10 Å². The molecule has 5 nitrogen and oxygen atoms in total. The van der Waals surface area contributed by atoms with E-state index >= 15 is 0 Å². The maximum absolute atomic E-state index is 5.92. The summed E-state index contributed by atoms with van der Waals surface area (Å²) in [6, 6.07) is 15.7. The molecule has 0 amide bonds. The summed E-state index contributed by atoms with van der Waals surface area (Å²) in [5.41, 5.74) is 6.36. The molecule has 6 heteroatoms. The van der Waals surface area contributed by atoms with Crippen molar-refractivity contribution in [3.05, 3.63) is 59.9 Å². The van der Waals surface area contributed by atoms with Crippen molar-refractivity contribution in [2.24, 2.45) is 5.10 Å². The molecule has 3 aromatic rings. The Morgan fingerprint density at radius 1 is 1.19 bits per heavy atom. The molecule has 1 heterocycles. The summed E-state index contributed by atoms with van der Waals surface area (Å²) in [5.74, 6) is 1.39. The van der Waals surface area contributed by atoms with Gasteiger partial charge in [-0.05, 0) is 57.3 Å². The number of furan rings is 1. The van der Waals surface area contributed by atoms with Gasteiger partial charge in [0.15, 0.2) is 22.2 Å². The van der Waals surface area contributed by atoms with Gasteiger partial charge in [-0.25, -0.2) is 0 Å². The molecule has 0 bridgehead atoms. The topological polar surface area (TPSA) is 58.8 Å². The normalized spacial score (nSPS) is 11.4. The number of aryl methyl sites for hydroxylation is 1. The van der Waals surface area contributed by atoms with Gasteiger partial charge in [0.2, 0.25) is 0 Å². The summed E-state index contributed by atoms with van der Waals surface area (Å²) in [6.45, 7) is 6.43. The van der Waals surface area contributed by atoms with Crippen LogP contribution in [-0.4, -0.2) is 17.4 Å². The fraction of sp³-hybridized carbons (Fsp3) is 0.200. The van der Waals surface area contributed by atoms with E-state index in [9.17, 15) is 0 Å². The van der Waals surface area contributed by atoms with Crippen molar-refractivity contribution in [2.45, 2.75) is 20.8 Å². The zero-order chi connectivity index (χ0) is 18.5. The smallest absolute Gasteiger partial charge is 0.191 e. The molecule has 1 aromatic heterocycles. The first-order valence-corrected chi connectivity index (χ1v) is 8.81. The van der Waals surface area contributed by atoms with Crippen molar-refractivity contribution in [3.8, 4) is 5.75 Å². The number of rotatable bonds is 5. The van der Waals surface area contributed by atoms with Gasteiger partial charge >= 0.3 is 0 Å². The third-order valence-corrected chi connectivity index (χ3v) is 3.99. The molecule has 134 valence electrons. The van der Waals surface area contributed by atoms with E-state index in [0.29, 0.717) is 23.2 Å². The minimum absolute atomic E-state index is 0.416. The van der Waals surface area contributed by atoms with E-state index in [2.05, 4.69) is 15.8 Å². The van der Waals surface area contributed by atoms with Gasteiger partial charge < -0.3 is 14.5 Å². The van der Waals surface area contributed by atoms with Crippen LogP contribution in [0.3, 0.4) is 0 Å². The highest BCUT2D eigenvalue weighted by atomic mass is 32.1. The average Bonchev–Trinajstić information content (AvgIpc) is 3.07. The van der Waals surface area contributed by atoms with Crippen molar-refractivity contribution < 1.29 is 9.15 Å². The maximum atomic E-state index is 5.92. The van der Waals surface area contributed by atoms with Gasteiger partial charge in [-0.1, -0.05) is 29.8 Å². The average molecular weight is 367 g/mol. The second-order valence-corrected chi connectivity index (χ2v) is 6.26. The van der Waals surface area contributed by atoms with Crippen LogP contribution in [0.1, 0.15) is 25.2 Å². The SMILES string of the molecule is CCOc1cccc2cc(C(C)=NNC(=S)Nc3ccc(C)cc3)oc12. The lowest BCUT2D eigenvalue weighted by molar-refractivity contribution is 0.338. The molecular weight excluding hydrogens is 346 g/mol. The molecule has 0 atom stereocenters. The van der Waals surface area contributed by atoms with E-state index < -0.39 is 0 Å². The van der Waals surface area contributed by atoms with Crippen molar-refractivity contribution in [1.29, 1.82) is 0 Å². The van der Waals surface area contributed by atoms with Crippen LogP contribution in [0.2, 0.25) is 0 Å². The fourth-order valence-electron chi connectivity index (χ4n) is 2.47. The molecule has 2 N–H and O–H groups in total. The van der Waals surface area contributed by atoms with Crippen LogP contribution in [0.25, 0.3) is 11.0 Å². The van der Waals surface area contributed by atoms with Crippen molar-refractivity contribution in [1.82, 2.24) is 5.43 Å². The molecular formula is C20H21N3O2S. The number of hydrogen-bond acceptors (Lipinski definition) is 4. The molecule has 0 fully saturated rings. The van der Waals surface area contributed by atoms with Crippen LogP contribution in [0.5, 0.6) is 5.75 Å². The van der Waals surface area contributed by atoms with Crippen LogP contribution in [0, 0.1) is 6.92 Å². The molecule has 0 radical (unpaired) electrons. The minimum atomic E-state index is 0.416. The van der Waals surface area contributed by atoms with E-state index in [0.717, 1.165) is 22.4 Å². The number of anilines is 1. The summed E-state index contributed by atoms with van der Waals surface area (Å²) in [5, 5.41) is 8.79. The van der Waals surface area contributed by atoms with Gasteiger partial charge in [0.05, 0.1) is 6.61 Å². The first-order valence-electron chi connectivity index (χ1n) is 8.40. The Labute approximate surface area is 158 Å². The molecule has 0 unspecified atom stereocenters. The monoisotopic (exact) mass is 367 g/mol. The van der Waals surface area contributed by atoms with Gasteiger partial charge in [0.25, 0.3) is 0 Å². The van der Waals surface area contributed by atoms with Crippen LogP contribution in [-0.2, 0) is 0 Å². The van der Waals surface area contributed by atoms with E-state index in [-0.39, 0.29) is 0 Å².